The first-order chi connectivity index (χ1) is 13.9. The van der Waals surface area contributed by atoms with Crippen LogP contribution in [0.25, 0.3) is 0 Å². The molecule has 2 heterocycles. The van der Waals surface area contributed by atoms with Gasteiger partial charge in [0, 0.05) is 25.9 Å². The van der Waals surface area contributed by atoms with Gasteiger partial charge in [0.15, 0.2) is 6.61 Å². The van der Waals surface area contributed by atoms with Gasteiger partial charge in [-0.3, -0.25) is 4.79 Å². The fourth-order valence-electron chi connectivity index (χ4n) is 3.64. The quantitative estimate of drug-likeness (QED) is 0.830. The first-order valence-electron chi connectivity index (χ1n) is 9.57. The van der Waals surface area contributed by atoms with Gasteiger partial charge in [-0.05, 0) is 48.9 Å². The topological polar surface area (TPSA) is 73.9 Å². The molecular weight excluding hydrogens is 375 g/mol. The average molecular weight is 398 g/mol. The molecule has 2 N–H and O–H groups in total. The Kier molecular flexibility index (Phi) is 5.10. The van der Waals surface area contributed by atoms with Crippen molar-refractivity contribution in [1.82, 2.24) is 15.6 Å². The number of rotatable bonds is 4. The van der Waals surface area contributed by atoms with E-state index in [4.69, 9.17) is 4.74 Å². The molecule has 1 spiro atoms. The molecule has 0 radical (unpaired) electrons. The molecule has 2 aliphatic heterocycles. The number of urea groups is 1. The minimum Gasteiger partial charge on any atom is -0.484 e. The van der Waals surface area contributed by atoms with Gasteiger partial charge in [0.2, 0.25) is 0 Å². The standard InChI is InChI=1S/C21H23FN4O3/c1-15-3-2-4-18(13-15)29-14-19(27)25-11-9-21(10-12-25)23-20(28)26(24-21)17-7-5-16(22)6-8-17/h2-8,13,24H,9-12,14H2,1H3,(H,23,28). The van der Waals surface area contributed by atoms with Crippen LogP contribution in [0.2, 0.25) is 0 Å². The summed E-state index contributed by atoms with van der Waals surface area (Å²) < 4.78 is 18.7. The van der Waals surface area contributed by atoms with Gasteiger partial charge in [-0.1, -0.05) is 12.1 Å². The van der Waals surface area contributed by atoms with Crippen molar-refractivity contribution in [3.8, 4) is 5.75 Å². The largest absolute Gasteiger partial charge is 0.484 e. The third-order valence-corrected chi connectivity index (χ3v) is 5.28. The van der Waals surface area contributed by atoms with Crippen LogP contribution in [-0.4, -0.2) is 42.2 Å². The summed E-state index contributed by atoms with van der Waals surface area (Å²) in [5.74, 6) is 0.232. The Morgan fingerprint density at radius 1 is 1.17 bits per heavy atom. The number of nitrogens with zero attached hydrogens (tertiary/aromatic N) is 2. The second kappa shape index (κ2) is 7.71. The molecule has 0 saturated carbocycles. The molecule has 3 amide bonds. The molecule has 29 heavy (non-hydrogen) atoms. The highest BCUT2D eigenvalue weighted by Gasteiger charge is 2.45. The fourth-order valence-corrected chi connectivity index (χ4v) is 3.64. The number of carbonyl (C=O) groups is 2. The van der Waals surface area contributed by atoms with Crippen LogP contribution >= 0.6 is 0 Å². The molecule has 0 bridgehead atoms. The molecule has 2 aromatic carbocycles. The van der Waals surface area contributed by atoms with Crippen LogP contribution in [0, 0.1) is 12.7 Å². The number of aryl methyl sites for hydroxylation is 1. The van der Waals surface area contributed by atoms with E-state index < -0.39 is 5.66 Å². The molecule has 8 heteroatoms. The van der Waals surface area contributed by atoms with E-state index in [9.17, 15) is 14.0 Å². The number of hydrogen-bond donors (Lipinski definition) is 2. The number of hydrogen-bond acceptors (Lipinski definition) is 4. The van der Waals surface area contributed by atoms with Crippen LogP contribution in [0.5, 0.6) is 5.75 Å². The lowest BCUT2D eigenvalue weighted by Crippen LogP contribution is -2.59. The van der Waals surface area contributed by atoms with E-state index in [0.29, 0.717) is 37.4 Å². The number of benzene rings is 2. The SMILES string of the molecule is Cc1cccc(OCC(=O)N2CCC3(CC2)NC(=O)N(c2ccc(F)cc2)N3)c1. The first kappa shape index (κ1) is 19.2. The number of anilines is 1. The van der Waals surface area contributed by atoms with Gasteiger partial charge in [0.25, 0.3) is 5.91 Å². The average Bonchev–Trinajstić information content (AvgIpc) is 3.03. The molecule has 0 aliphatic carbocycles. The smallest absolute Gasteiger partial charge is 0.338 e. The maximum Gasteiger partial charge on any atom is 0.338 e. The van der Waals surface area contributed by atoms with Crippen molar-refractivity contribution >= 4 is 17.6 Å². The van der Waals surface area contributed by atoms with Crippen LogP contribution in [0.4, 0.5) is 14.9 Å². The van der Waals surface area contributed by atoms with E-state index in [1.54, 1.807) is 17.0 Å². The summed E-state index contributed by atoms with van der Waals surface area (Å²) in [5.41, 5.74) is 4.22. The van der Waals surface area contributed by atoms with E-state index in [0.717, 1.165) is 5.56 Å². The zero-order valence-electron chi connectivity index (χ0n) is 16.2. The number of likely N-dealkylation sites (tertiary alicyclic amines) is 1. The predicted molar refractivity (Wildman–Crippen MR) is 106 cm³/mol. The molecule has 2 aromatic rings. The highest BCUT2D eigenvalue weighted by molar-refractivity contribution is 5.93. The Morgan fingerprint density at radius 2 is 1.90 bits per heavy atom. The van der Waals surface area contributed by atoms with E-state index >= 15 is 0 Å². The van der Waals surface area contributed by atoms with Crippen LogP contribution in [0.3, 0.4) is 0 Å². The normalized spacial score (nSPS) is 18.1. The Balaban J connectivity index is 1.32. The van der Waals surface area contributed by atoms with E-state index in [2.05, 4.69) is 10.7 Å². The molecule has 0 aromatic heterocycles. The third kappa shape index (κ3) is 4.17. The minimum atomic E-state index is -0.611. The number of piperidine rings is 1. The second-order valence-corrected chi connectivity index (χ2v) is 7.42. The van der Waals surface area contributed by atoms with Crippen LogP contribution in [-0.2, 0) is 4.79 Å². The maximum absolute atomic E-state index is 13.1. The Bertz CT molecular complexity index is 910. The summed E-state index contributed by atoms with van der Waals surface area (Å²) in [4.78, 5) is 26.6. The van der Waals surface area contributed by atoms with Gasteiger partial charge in [-0.2, -0.15) is 0 Å². The van der Waals surface area contributed by atoms with Crippen molar-refractivity contribution in [1.29, 1.82) is 0 Å². The van der Waals surface area contributed by atoms with Gasteiger partial charge < -0.3 is 15.0 Å². The first-order valence-corrected chi connectivity index (χ1v) is 9.57. The number of amides is 3. The van der Waals surface area contributed by atoms with Gasteiger partial charge in [0.05, 0.1) is 5.69 Å². The molecule has 0 atom stereocenters. The molecule has 2 aliphatic rings. The summed E-state index contributed by atoms with van der Waals surface area (Å²) in [5, 5.41) is 4.36. The summed E-state index contributed by atoms with van der Waals surface area (Å²) in [6.45, 7) is 2.95. The molecule has 2 saturated heterocycles. The maximum atomic E-state index is 13.1. The van der Waals surface area contributed by atoms with Crippen LogP contribution in [0.15, 0.2) is 48.5 Å². The zero-order valence-corrected chi connectivity index (χ0v) is 16.2. The summed E-state index contributed by atoms with van der Waals surface area (Å²) in [7, 11) is 0. The molecule has 152 valence electrons. The van der Waals surface area contributed by atoms with Crippen molar-refractivity contribution in [3.63, 3.8) is 0 Å². The third-order valence-electron chi connectivity index (χ3n) is 5.28. The number of nitrogens with one attached hydrogen (secondary N) is 2. The van der Waals surface area contributed by atoms with E-state index in [-0.39, 0.29) is 24.4 Å². The fraction of sp³-hybridized carbons (Fsp3) is 0.333. The van der Waals surface area contributed by atoms with Crippen LogP contribution in [0.1, 0.15) is 18.4 Å². The Labute approximate surface area is 168 Å². The van der Waals surface area contributed by atoms with Crippen molar-refractivity contribution in [2.45, 2.75) is 25.4 Å². The molecule has 0 unspecified atom stereocenters. The van der Waals surface area contributed by atoms with Crippen molar-refractivity contribution in [3.05, 3.63) is 59.9 Å². The minimum absolute atomic E-state index is 0.0159. The van der Waals surface area contributed by atoms with Crippen molar-refractivity contribution in [2.24, 2.45) is 0 Å². The summed E-state index contributed by atoms with van der Waals surface area (Å²) >= 11 is 0. The number of halogens is 1. The van der Waals surface area contributed by atoms with Gasteiger partial charge in [-0.25, -0.2) is 19.6 Å². The lowest BCUT2D eigenvalue weighted by atomic mass is 9.98. The van der Waals surface area contributed by atoms with Crippen molar-refractivity contribution in [2.75, 3.05) is 24.7 Å². The van der Waals surface area contributed by atoms with Gasteiger partial charge in [0.1, 0.15) is 17.2 Å². The number of ether oxygens (including phenoxy) is 1. The van der Waals surface area contributed by atoms with E-state index in [1.165, 1.54) is 17.1 Å². The lowest BCUT2D eigenvalue weighted by molar-refractivity contribution is -0.135. The highest BCUT2D eigenvalue weighted by Crippen LogP contribution is 2.27. The summed E-state index contributed by atoms with van der Waals surface area (Å²) in [6, 6.07) is 13.0. The summed E-state index contributed by atoms with van der Waals surface area (Å²) in [6.07, 6.45) is 1.12. The molecular formula is C21H23FN4O3. The predicted octanol–water partition coefficient (Wildman–Crippen LogP) is 2.57. The molecule has 4 rings (SSSR count). The van der Waals surface area contributed by atoms with Crippen LogP contribution < -0.4 is 20.5 Å². The number of carbonyl (C=O) groups excluding carboxylic acids is 2. The highest BCUT2D eigenvalue weighted by atomic mass is 19.1. The Morgan fingerprint density at radius 3 is 2.59 bits per heavy atom. The van der Waals surface area contributed by atoms with Crippen molar-refractivity contribution < 1.29 is 18.7 Å². The molecule has 7 nitrogen and oxygen atoms in total. The van der Waals surface area contributed by atoms with E-state index in [1.807, 2.05) is 31.2 Å². The lowest BCUT2D eigenvalue weighted by Gasteiger charge is -2.38. The Hall–Kier alpha value is -3.13. The second-order valence-electron chi connectivity index (χ2n) is 7.42. The van der Waals surface area contributed by atoms with Gasteiger partial charge in [-0.15, -0.1) is 0 Å². The number of hydrazine groups is 1. The van der Waals surface area contributed by atoms with Gasteiger partial charge >= 0.3 is 6.03 Å². The molecule has 2 fully saturated rings. The zero-order chi connectivity index (χ0) is 20.4. The monoisotopic (exact) mass is 398 g/mol.